The van der Waals surface area contributed by atoms with Gasteiger partial charge in [-0.25, -0.2) is 0 Å². The first-order chi connectivity index (χ1) is 9.01. The lowest BCUT2D eigenvalue weighted by atomic mass is 9.92. The van der Waals surface area contributed by atoms with Gasteiger partial charge < -0.3 is 15.5 Å². The molecule has 1 aliphatic carbocycles. The molecule has 0 bridgehead atoms. The number of carbonyl (C=O) groups excluding carboxylic acids is 1. The minimum absolute atomic E-state index is 0.0198. The molecule has 1 saturated carbocycles. The van der Waals surface area contributed by atoms with Gasteiger partial charge in [0.25, 0.3) is 5.91 Å². The highest BCUT2D eigenvalue weighted by Crippen LogP contribution is 2.33. The number of carboxylic acid groups (broad SMARTS) is 1. The Bertz CT molecular complexity index is 492. The fourth-order valence-corrected chi connectivity index (χ4v) is 2.65. The van der Waals surface area contributed by atoms with Gasteiger partial charge >= 0.3 is 5.97 Å². The lowest BCUT2D eigenvalue weighted by Gasteiger charge is -2.28. The zero-order valence-electron chi connectivity index (χ0n) is 10.6. The van der Waals surface area contributed by atoms with E-state index in [4.69, 9.17) is 5.11 Å². The third-order valence-electron chi connectivity index (χ3n) is 3.54. The first kappa shape index (κ1) is 13.4. The molecule has 2 rings (SSSR count). The molecular weight excluding hydrogens is 246 g/mol. The molecule has 1 aromatic rings. The fourth-order valence-electron chi connectivity index (χ4n) is 2.65. The van der Waals surface area contributed by atoms with Crippen LogP contribution >= 0.6 is 0 Å². The van der Waals surface area contributed by atoms with E-state index in [0.717, 1.165) is 12.8 Å². The van der Waals surface area contributed by atoms with Crippen molar-refractivity contribution in [3.8, 4) is 5.75 Å². The second-order valence-corrected chi connectivity index (χ2v) is 5.06. The molecule has 1 aromatic carbocycles. The Morgan fingerprint density at radius 1 is 1.26 bits per heavy atom. The van der Waals surface area contributed by atoms with Crippen LogP contribution in [-0.2, 0) is 4.79 Å². The molecule has 0 spiro atoms. The van der Waals surface area contributed by atoms with Gasteiger partial charge in [0, 0.05) is 5.56 Å². The third kappa shape index (κ3) is 3.24. The Morgan fingerprint density at radius 2 is 1.95 bits per heavy atom. The number of benzene rings is 1. The monoisotopic (exact) mass is 263 g/mol. The summed E-state index contributed by atoms with van der Waals surface area (Å²) in [4.78, 5) is 23.1. The van der Waals surface area contributed by atoms with E-state index < -0.39 is 11.5 Å². The standard InChI is InChI=1S/C14H17NO4/c16-11-5-3-4-10(8-11)13(19)15-14(9-12(17)18)6-1-2-7-14/h3-5,8,16H,1-2,6-7,9H2,(H,15,19)(H,17,18). The molecule has 5 heteroatoms. The highest BCUT2D eigenvalue weighted by Gasteiger charge is 2.37. The normalized spacial score (nSPS) is 17.1. The van der Waals surface area contributed by atoms with Crippen molar-refractivity contribution < 1.29 is 19.8 Å². The summed E-state index contributed by atoms with van der Waals surface area (Å²) in [5.41, 5.74) is -0.300. The van der Waals surface area contributed by atoms with Crippen LogP contribution in [0.3, 0.4) is 0 Å². The molecule has 102 valence electrons. The molecule has 5 nitrogen and oxygen atoms in total. The molecule has 1 aliphatic rings. The number of aromatic hydroxyl groups is 1. The summed E-state index contributed by atoms with van der Waals surface area (Å²) in [6.07, 6.45) is 3.16. The first-order valence-corrected chi connectivity index (χ1v) is 6.34. The molecule has 0 atom stereocenters. The van der Waals surface area contributed by atoms with Crippen molar-refractivity contribution in [3.05, 3.63) is 29.8 Å². The maximum absolute atomic E-state index is 12.1. The molecule has 0 radical (unpaired) electrons. The molecule has 0 unspecified atom stereocenters. The number of phenols is 1. The SMILES string of the molecule is O=C(O)CC1(NC(=O)c2cccc(O)c2)CCCC1. The van der Waals surface area contributed by atoms with Crippen LogP contribution in [-0.4, -0.2) is 27.6 Å². The Kier molecular flexibility index (Phi) is 3.74. The Balaban J connectivity index is 2.13. The summed E-state index contributed by atoms with van der Waals surface area (Å²) >= 11 is 0. The summed E-state index contributed by atoms with van der Waals surface area (Å²) in [5.74, 6) is -1.22. The number of carboxylic acids is 1. The van der Waals surface area contributed by atoms with Crippen molar-refractivity contribution >= 4 is 11.9 Å². The van der Waals surface area contributed by atoms with Crippen LogP contribution < -0.4 is 5.32 Å². The quantitative estimate of drug-likeness (QED) is 0.774. The zero-order chi connectivity index (χ0) is 13.9. The van der Waals surface area contributed by atoms with Crippen LogP contribution in [0, 0.1) is 0 Å². The number of phenolic OH excluding ortho intramolecular Hbond substituents is 1. The van der Waals surface area contributed by atoms with Gasteiger partial charge in [0.2, 0.25) is 0 Å². The van der Waals surface area contributed by atoms with Crippen molar-refractivity contribution in [2.45, 2.75) is 37.6 Å². The van der Waals surface area contributed by atoms with E-state index in [-0.39, 0.29) is 18.1 Å². The highest BCUT2D eigenvalue weighted by molar-refractivity contribution is 5.95. The molecule has 0 heterocycles. The van der Waals surface area contributed by atoms with Crippen molar-refractivity contribution in [1.29, 1.82) is 0 Å². The van der Waals surface area contributed by atoms with Crippen LogP contribution in [0.2, 0.25) is 0 Å². The number of amides is 1. The topological polar surface area (TPSA) is 86.6 Å². The number of hydrogen-bond acceptors (Lipinski definition) is 3. The Morgan fingerprint density at radius 3 is 2.53 bits per heavy atom. The van der Waals surface area contributed by atoms with Crippen LogP contribution in [0.1, 0.15) is 42.5 Å². The van der Waals surface area contributed by atoms with Crippen molar-refractivity contribution in [2.75, 3.05) is 0 Å². The van der Waals surface area contributed by atoms with E-state index in [2.05, 4.69) is 5.32 Å². The van der Waals surface area contributed by atoms with Crippen LogP contribution in [0.15, 0.2) is 24.3 Å². The highest BCUT2D eigenvalue weighted by atomic mass is 16.4. The van der Waals surface area contributed by atoms with Gasteiger partial charge in [-0.1, -0.05) is 18.9 Å². The smallest absolute Gasteiger partial charge is 0.305 e. The number of nitrogens with one attached hydrogen (secondary N) is 1. The average Bonchev–Trinajstić information content (AvgIpc) is 2.76. The molecular formula is C14H17NO4. The number of rotatable bonds is 4. The summed E-state index contributed by atoms with van der Waals surface area (Å²) in [6.45, 7) is 0. The molecule has 1 fully saturated rings. The third-order valence-corrected chi connectivity index (χ3v) is 3.54. The average molecular weight is 263 g/mol. The molecule has 0 aromatic heterocycles. The molecule has 0 aliphatic heterocycles. The van der Waals surface area contributed by atoms with Crippen LogP contribution in [0.4, 0.5) is 0 Å². The van der Waals surface area contributed by atoms with Gasteiger partial charge in [-0.3, -0.25) is 9.59 Å². The van der Waals surface area contributed by atoms with Crippen molar-refractivity contribution in [3.63, 3.8) is 0 Å². The van der Waals surface area contributed by atoms with Gasteiger partial charge in [-0.2, -0.15) is 0 Å². The van der Waals surface area contributed by atoms with Crippen LogP contribution in [0.5, 0.6) is 5.75 Å². The molecule has 0 saturated heterocycles. The number of aliphatic carboxylic acids is 1. The zero-order valence-corrected chi connectivity index (χ0v) is 10.6. The van der Waals surface area contributed by atoms with E-state index in [0.29, 0.717) is 18.4 Å². The van der Waals surface area contributed by atoms with Crippen LogP contribution in [0.25, 0.3) is 0 Å². The second kappa shape index (κ2) is 5.30. The minimum atomic E-state index is -0.905. The summed E-state index contributed by atoms with van der Waals surface area (Å²) in [5, 5.41) is 21.2. The molecule has 3 N–H and O–H groups in total. The van der Waals surface area contributed by atoms with Crippen molar-refractivity contribution in [2.24, 2.45) is 0 Å². The van der Waals surface area contributed by atoms with E-state index in [1.807, 2.05) is 0 Å². The maximum Gasteiger partial charge on any atom is 0.305 e. The largest absolute Gasteiger partial charge is 0.508 e. The number of hydrogen-bond donors (Lipinski definition) is 3. The summed E-state index contributed by atoms with van der Waals surface area (Å²) in [6, 6.07) is 6.04. The minimum Gasteiger partial charge on any atom is -0.508 e. The predicted molar refractivity (Wildman–Crippen MR) is 69.0 cm³/mol. The van der Waals surface area contributed by atoms with E-state index in [9.17, 15) is 14.7 Å². The Labute approximate surface area is 111 Å². The fraction of sp³-hybridized carbons (Fsp3) is 0.429. The lowest BCUT2D eigenvalue weighted by Crippen LogP contribution is -2.47. The second-order valence-electron chi connectivity index (χ2n) is 5.06. The molecule has 19 heavy (non-hydrogen) atoms. The van der Waals surface area contributed by atoms with E-state index >= 15 is 0 Å². The van der Waals surface area contributed by atoms with Crippen molar-refractivity contribution in [1.82, 2.24) is 5.32 Å². The van der Waals surface area contributed by atoms with Gasteiger partial charge in [-0.15, -0.1) is 0 Å². The summed E-state index contributed by atoms with van der Waals surface area (Å²) in [7, 11) is 0. The lowest BCUT2D eigenvalue weighted by molar-refractivity contribution is -0.138. The van der Waals surface area contributed by atoms with Gasteiger partial charge in [-0.05, 0) is 31.0 Å². The Hall–Kier alpha value is -2.04. The van der Waals surface area contributed by atoms with Gasteiger partial charge in [0.15, 0.2) is 0 Å². The van der Waals surface area contributed by atoms with Gasteiger partial charge in [0.1, 0.15) is 5.75 Å². The molecule has 1 amide bonds. The first-order valence-electron chi connectivity index (χ1n) is 6.34. The van der Waals surface area contributed by atoms with E-state index in [1.54, 1.807) is 12.1 Å². The predicted octanol–water partition coefficient (Wildman–Crippen LogP) is 1.91. The summed E-state index contributed by atoms with van der Waals surface area (Å²) < 4.78 is 0. The number of carbonyl (C=O) groups is 2. The van der Waals surface area contributed by atoms with Gasteiger partial charge in [0.05, 0.1) is 12.0 Å². The van der Waals surface area contributed by atoms with E-state index in [1.165, 1.54) is 12.1 Å². The maximum atomic E-state index is 12.1.